The van der Waals surface area contributed by atoms with Gasteiger partial charge in [-0.1, -0.05) is 52.7 Å². The fraction of sp³-hybridized carbons (Fsp3) is 0.897. The third kappa shape index (κ3) is 4.35. The molecule has 4 aliphatic rings. The highest BCUT2D eigenvalue weighted by molar-refractivity contribution is 6.74. The van der Waals surface area contributed by atoms with Gasteiger partial charge in [0.1, 0.15) is 5.78 Å². The molecule has 0 aromatic carbocycles. The minimum Gasteiger partial charge on any atom is -0.414 e. The summed E-state index contributed by atoms with van der Waals surface area (Å²) in [5.74, 6) is 2.97. The molecule has 4 rings (SSSR count). The first-order chi connectivity index (χ1) is 15.3. The number of hydrogen-bond acceptors (Lipinski definition) is 3. The van der Waals surface area contributed by atoms with Crippen molar-refractivity contribution in [2.45, 2.75) is 123 Å². The molecule has 3 nitrogen and oxygen atoms in total. The van der Waals surface area contributed by atoms with Crippen molar-refractivity contribution in [2.24, 2.45) is 34.5 Å². The van der Waals surface area contributed by atoms with Crippen molar-refractivity contribution in [2.75, 3.05) is 6.61 Å². The Labute approximate surface area is 204 Å². The van der Waals surface area contributed by atoms with E-state index in [4.69, 9.17) is 4.43 Å². The zero-order valence-corrected chi connectivity index (χ0v) is 23.5. The summed E-state index contributed by atoms with van der Waals surface area (Å²) >= 11 is 0. The van der Waals surface area contributed by atoms with Gasteiger partial charge in [0.05, 0.1) is 0 Å². The monoisotopic (exact) mass is 474 g/mol. The van der Waals surface area contributed by atoms with Gasteiger partial charge in [-0.05, 0) is 98.6 Å². The van der Waals surface area contributed by atoms with Gasteiger partial charge in [-0.25, -0.2) is 0 Å². The lowest BCUT2D eigenvalue weighted by Crippen LogP contribution is -2.52. The van der Waals surface area contributed by atoms with Gasteiger partial charge in [0.25, 0.3) is 0 Å². The van der Waals surface area contributed by atoms with E-state index in [-0.39, 0.29) is 17.1 Å². The molecule has 0 radical (unpaired) electrons. The third-order valence-corrected chi connectivity index (χ3v) is 15.7. The number of fused-ring (bicyclic) bond motifs is 5. The normalized spacial score (nSPS) is 41.3. The molecule has 0 heterocycles. The smallest absolute Gasteiger partial charge is 0.192 e. The van der Waals surface area contributed by atoms with E-state index in [9.17, 15) is 9.90 Å². The van der Waals surface area contributed by atoms with Crippen LogP contribution in [0.1, 0.15) is 98.8 Å². The van der Waals surface area contributed by atoms with Gasteiger partial charge >= 0.3 is 0 Å². The van der Waals surface area contributed by atoms with E-state index in [0.717, 1.165) is 50.9 Å². The maximum atomic E-state index is 13.2. The fourth-order valence-electron chi connectivity index (χ4n) is 8.17. The second-order valence-corrected chi connectivity index (χ2v) is 18.7. The molecule has 0 aromatic heterocycles. The summed E-state index contributed by atoms with van der Waals surface area (Å²) in [5.41, 5.74) is 1.86. The molecule has 4 aliphatic carbocycles. The molecule has 0 aromatic rings. The summed E-state index contributed by atoms with van der Waals surface area (Å²) in [5, 5.41) is 9.54. The van der Waals surface area contributed by atoms with E-state index in [1.807, 2.05) is 0 Å². The highest BCUT2D eigenvalue weighted by Crippen LogP contribution is 2.66. The Hall–Kier alpha value is -0.453. The van der Waals surface area contributed by atoms with Crippen LogP contribution >= 0.6 is 0 Å². The van der Waals surface area contributed by atoms with Crippen LogP contribution in [0.4, 0.5) is 0 Å². The summed E-state index contributed by atoms with van der Waals surface area (Å²) < 4.78 is 6.88. The number of ketones is 1. The number of aliphatic hydroxyl groups excluding tert-OH is 1. The quantitative estimate of drug-likeness (QED) is 0.250. The molecule has 3 saturated carbocycles. The molecule has 7 atom stereocenters. The predicted molar refractivity (Wildman–Crippen MR) is 139 cm³/mol. The average molecular weight is 475 g/mol. The van der Waals surface area contributed by atoms with E-state index in [1.165, 1.54) is 19.3 Å². The Morgan fingerprint density at radius 1 is 1.09 bits per heavy atom. The van der Waals surface area contributed by atoms with Gasteiger partial charge < -0.3 is 9.53 Å². The molecule has 0 saturated heterocycles. The van der Waals surface area contributed by atoms with E-state index in [2.05, 4.69) is 53.8 Å². The molecule has 0 aliphatic heterocycles. The number of carbonyl (C=O) groups excluding carboxylic acids is 1. The first-order valence-corrected chi connectivity index (χ1v) is 16.8. The first kappa shape index (κ1) is 25.6. The lowest BCUT2D eigenvalue weighted by atomic mass is 9.47. The van der Waals surface area contributed by atoms with Gasteiger partial charge in [-0.3, -0.25) is 4.79 Å². The molecule has 33 heavy (non-hydrogen) atoms. The summed E-state index contributed by atoms with van der Waals surface area (Å²) in [6, 6.07) is 0. The minimum atomic E-state index is -1.75. The van der Waals surface area contributed by atoms with Gasteiger partial charge in [-0.2, -0.15) is 0 Å². The van der Waals surface area contributed by atoms with Crippen LogP contribution < -0.4 is 0 Å². The minimum absolute atomic E-state index is 0.102. The van der Waals surface area contributed by atoms with Crippen LogP contribution in [0.3, 0.4) is 0 Å². The SMILES string of the molecule is CC(C)(C)[Si](C)(C)O[C@H]1CC[C@@]2(C)C(=CC[C@H]3[C@@H]4[C@H](CCCCO)CC(=O)[C@@]4(C)CC[C@@H]32)C1. The second kappa shape index (κ2) is 8.89. The Bertz CT molecular complexity index is 780. The molecular formula is C29H50O3Si. The van der Waals surface area contributed by atoms with Gasteiger partial charge in [0.2, 0.25) is 0 Å². The highest BCUT2D eigenvalue weighted by atomic mass is 28.4. The van der Waals surface area contributed by atoms with E-state index >= 15 is 0 Å². The standard InChI is InChI=1S/C29H50O3Si/c1-27(2,3)33(6,7)32-22-13-15-28(4)21(19-22)11-12-23-24(28)14-16-29(5)25(31)18-20(26(23)29)10-8-9-17-30/h11,20,22-24,26,30H,8-10,12-19H2,1-7H3/t20-,22+,23-,24+,26+,28+,29-/m1/s1. The number of Topliss-reactive ketones (excluding diaryl/α,β-unsaturated/α-hetero) is 1. The molecule has 0 amide bonds. The summed E-state index contributed by atoms with van der Waals surface area (Å²) in [6.45, 7) is 16.9. The van der Waals surface area contributed by atoms with E-state index < -0.39 is 8.32 Å². The van der Waals surface area contributed by atoms with Crippen LogP contribution in [-0.2, 0) is 9.22 Å². The summed E-state index contributed by atoms with van der Waals surface area (Å²) in [7, 11) is -1.75. The first-order valence-electron chi connectivity index (χ1n) is 13.8. The average Bonchev–Trinajstić information content (AvgIpc) is 2.98. The van der Waals surface area contributed by atoms with Crippen molar-refractivity contribution < 1.29 is 14.3 Å². The maximum Gasteiger partial charge on any atom is 0.192 e. The van der Waals surface area contributed by atoms with Crippen LogP contribution in [0.25, 0.3) is 0 Å². The van der Waals surface area contributed by atoms with Crippen molar-refractivity contribution in [3.05, 3.63) is 11.6 Å². The summed E-state index contributed by atoms with van der Waals surface area (Å²) in [4.78, 5) is 13.2. The van der Waals surface area contributed by atoms with E-state index in [1.54, 1.807) is 5.57 Å². The molecule has 3 fully saturated rings. The Morgan fingerprint density at radius 2 is 1.79 bits per heavy atom. The Morgan fingerprint density at radius 3 is 2.45 bits per heavy atom. The highest BCUT2D eigenvalue weighted by Gasteiger charge is 2.61. The zero-order valence-electron chi connectivity index (χ0n) is 22.5. The van der Waals surface area contributed by atoms with Crippen molar-refractivity contribution in [3.63, 3.8) is 0 Å². The van der Waals surface area contributed by atoms with Gasteiger partial charge in [0.15, 0.2) is 8.32 Å². The molecule has 1 N–H and O–H groups in total. The number of unbranched alkanes of at least 4 members (excludes halogenated alkanes) is 1. The number of rotatable bonds is 6. The molecule has 188 valence electrons. The molecule has 0 spiro atoms. The van der Waals surface area contributed by atoms with Crippen LogP contribution in [0.2, 0.25) is 18.1 Å². The molecule has 4 heteroatoms. The number of allylic oxidation sites excluding steroid dienone is 1. The molecule has 0 unspecified atom stereocenters. The van der Waals surface area contributed by atoms with E-state index in [0.29, 0.717) is 35.1 Å². The topological polar surface area (TPSA) is 46.5 Å². The largest absolute Gasteiger partial charge is 0.414 e. The van der Waals surface area contributed by atoms with Crippen molar-refractivity contribution >= 4 is 14.1 Å². The van der Waals surface area contributed by atoms with Crippen LogP contribution in [-0.4, -0.2) is 31.9 Å². The zero-order chi connectivity index (χ0) is 24.2. The third-order valence-electron chi connectivity index (χ3n) is 11.2. The van der Waals surface area contributed by atoms with Crippen molar-refractivity contribution in [3.8, 4) is 0 Å². The molecule has 0 bridgehead atoms. The number of carbonyl (C=O) groups is 1. The lowest BCUT2D eigenvalue weighted by Gasteiger charge is -2.58. The molecular weight excluding hydrogens is 424 g/mol. The number of aliphatic hydroxyl groups is 1. The Balaban J connectivity index is 1.54. The van der Waals surface area contributed by atoms with Gasteiger partial charge in [-0.15, -0.1) is 0 Å². The van der Waals surface area contributed by atoms with Gasteiger partial charge in [0, 0.05) is 24.5 Å². The summed E-state index contributed by atoms with van der Waals surface area (Å²) in [6.07, 6.45) is 13.8. The van der Waals surface area contributed by atoms with Crippen LogP contribution in [0.5, 0.6) is 0 Å². The van der Waals surface area contributed by atoms with Crippen LogP contribution in [0, 0.1) is 34.5 Å². The van der Waals surface area contributed by atoms with Crippen molar-refractivity contribution in [1.29, 1.82) is 0 Å². The fourth-order valence-corrected chi connectivity index (χ4v) is 9.56. The van der Waals surface area contributed by atoms with Crippen molar-refractivity contribution in [1.82, 2.24) is 0 Å². The van der Waals surface area contributed by atoms with Crippen LogP contribution in [0.15, 0.2) is 11.6 Å². The Kier molecular flexibility index (Phi) is 6.90. The second-order valence-electron chi connectivity index (χ2n) is 14.0. The number of hydrogen-bond donors (Lipinski definition) is 1. The maximum absolute atomic E-state index is 13.2. The lowest BCUT2D eigenvalue weighted by molar-refractivity contribution is -0.132. The predicted octanol–water partition coefficient (Wildman–Crippen LogP) is 7.30.